The summed E-state index contributed by atoms with van der Waals surface area (Å²) < 4.78 is 0. The minimum absolute atomic E-state index is 0.135. The maximum Gasteiger partial charge on any atom is 0.223 e. The predicted molar refractivity (Wildman–Crippen MR) is 71.5 cm³/mol. The van der Waals surface area contributed by atoms with E-state index < -0.39 is 0 Å². The van der Waals surface area contributed by atoms with Crippen LogP contribution in [0.4, 0.5) is 11.4 Å². The maximum atomic E-state index is 11.5. The summed E-state index contributed by atoms with van der Waals surface area (Å²) in [6.07, 6.45) is 2.12. The highest BCUT2D eigenvalue weighted by Gasteiger charge is 2.19. The molecule has 0 saturated carbocycles. The molecule has 2 rings (SSSR count). The number of nitrogens with one attached hydrogen (secondary N) is 1. The number of amides is 1. The smallest absolute Gasteiger partial charge is 0.223 e. The molecular formula is C14H20N2O. The molecule has 1 N–H and O–H groups in total. The van der Waals surface area contributed by atoms with E-state index in [0.717, 1.165) is 30.8 Å². The van der Waals surface area contributed by atoms with Crippen molar-refractivity contribution in [2.24, 2.45) is 0 Å². The third-order valence-electron chi connectivity index (χ3n) is 3.03. The van der Waals surface area contributed by atoms with E-state index in [9.17, 15) is 4.79 Å². The number of carbonyl (C=O) groups excluding carboxylic acids is 1. The highest BCUT2D eigenvalue weighted by atomic mass is 16.2. The lowest BCUT2D eigenvalue weighted by atomic mass is 10.0. The first-order valence-electron chi connectivity index (χ1n) is 6.25. The van der Waals surface area contributed by atoms with Gasteiger partial charge in [-0.15, -0.1) is 0 Å². The summed E-state index contributed by atoms with van der Waals surface area (Å²) in [6, 6.07) is 6.71. The van der Waals surface area contributed by atoms with E-state index in [0.29, 0.717) is 6.04 Å². The highest BCUT2D eigenvalue weighted by molar-refractivity contribution is 5.93. The van der Waals surface area contributed by atoms with Crippen molar-refractivity contribution >= 4 is 17.3 Å². The second-order valence-electron chi connectivity index (χ2n) is 4.92. The Balaban J connectivity index is 2.29. The number of aryl methyl sites for hydroxylation is 1. The number of fused-ring (bicyclic) bond motifs is 1. The number of hydrogen-bond donors (Lipinski definition) is 1. The van der Waals surface area contributed by atoms with Crippen LogP contribution in [0.25, 0.3) is 0 Å². The van der Waals surface area contributed by atoms with Crippen molar-refractivity contribution in [3.63, 3.8) is 0 Å². The molecule has 1 aliphatic rings. The number of nitrogens with zero attached hydrogens (tertiary/aromatic N) is 1. The minimum atomic E-state index is 0.135. The normalized spacial score (nSPS) is 14.7. The van der Waals surface area contributed by atoms with Gasteiger partial charge in [-0.25, -0.2) is 0 Å². The molecule has 1 amide bonds. The summed E-state index contributed by atoms with van der Waals surface area (Å²) in [5, 5.41) is 3.40. The van der Waals surface area contributed by atoms with E-state index in [4.69, 9.17) is 0 Å². The fourth-order valence-electron chi connectivity index (χ4n) is 2.35. The number of carbonyl (C=O) groups is 1. The average Bonchev–Trinajstić information content (AvgIpc) is 2.26. The summed E-state index contributed by atoms with van der Waals surface area (Å²) in [5.41, 5.74) is 3.50. The lowest BCUT2D eigenvalue weighted by Crippen LogP contribution is -2.33. The van der Waals surface area contributed by atoms with Crippen molar-refractivity contribution in [3.05, 3.63) is 23.8 Å². The van der Waals surface area contributed by atoms with Gasteiger partial charge < -0.3 is 10.2 Å². The van der Waals surface area contributed by atoms with Crippen molar-refractivity contribution in [3.8, 4) is 0 Å². The van der Waals surface area contributed by atoms with E-state index in [-0.39, 0.29) is 5.91 Å². The zero-order chi connectivity index (χ0) is 12.4. The van der Waals surface area contributed by atoms with Gasteiger partial charge in [-0.3, -0.25) is 4.79 Å². The predicted octanol–water partition coefficient (Wildman–Crippen LogP) is 2.81. The van der Waals surface area contributed by atoms with Gasteiger partial charge in [-0.1, -0.05) is 0 Å². The van der Waals surface area contributed by atoms with Gasteiger partial charge in [0.2, 0.25) is 5.91 Å². The first-order valence-corrected chi connectivity index (χ1v) is 6.25. The van der Waals surface area contributed by atoms with Crippen LogP contribution in [0, 0.1) is 0 Å². The van der Waals surface area contributed by atoms with Gasteiger partial charge in [0, 0.05) is 30.9 Å². The molecule has 0 aromatic heterocycles. The molecule has 0 fully saturated rings. The molecule has 1 aromatic carbocycles. The molecule has 0 unspecified atom stereocenters. The van der Waals surface area contributed by atoms with Gasteiger partial charge in [0.1, 0.15) is 0 Å². The van der Waals surface area contributed by atoms with Gasteiger partial charge in [-0.2, -0.15) is 0 Å². The number of hydrogen-bond acceptors (Lipinski definition) is 2. The van der Waals surface area contributed by atoms with Crippen LogP contribution in [0.15, 0.2) is 18.2 Å². The maximum absolute atomic E-state index is 11.5. The molecular weight excluding hydrogens is 212 g/mol. The highest BCUT2D eigenvalue weighted by Crippen LogP contribution is 2.29. The first kappa shape index (κ1) is 12.0. The molecule has 3 heteroatoms. The van der Waals surface area contributed by atoms with Crippen LogP contribution in [0.5, 0.6) is 0 Å². The van der Waals surface area contributed by atoms with Crippen LogP contribution in [0.1, 0.15) is 32.8 Å². The van der Waals surface area contributed by atoms with E-state index in [1.54, 1.807) is 6.92 Å². The fourth-order valence-corrected chi connectivity index (χ4v) is 2.35. The largest absolute Gasteiger partial charge is 0.383 e. The van der Waals surface area contributed by atoms with Crippen LogP contribution in [0.3, 0.4) is 0 Å². The van der Waals surface area contributed by atoms with Gasteiger partial charge in [-0.05, 0) is 50.5 Å². The standard InChI is InChI=1S/C14H20N2O/c1-10(2)15-13-6-7-14-12(9-13)5-4-8-16(14)11(3)17/h6-7,9-10,15H,4-5,8H2,1-3H3. The molecule has 0 saturated heterocycles. The molecule has 1 aromatic rings. The van der Waals surface area contributed by atoms with Crippen molar-refractivity contribution in [2.75, 3.05) is 16.8 Å². The number of rotatable bonds is 2. The fraction of sp³-hybridized carbons (Fsp3) is 0.500. The van der Waals surface area contributed by atoms with Gasteiger partial charge in [0.25, 0.3) is 0 Å². The Labute approximate surface area is 103 Å². The molecule has 0 radical (unpaired) electrons. The summed E-state index contributed by atoms with van der Waals surface area (Å²) in [4.78, 5) is 13.4. The van der Waals surface area contributed by atoms with E-state index in [1.165, 1.54) is 5.56 Å². The van der Waals surface area contributed by atoms with Crippen LogP contribution in [0.2, 0.25) is 0 Å². The third-order valence-corrected chi connectivity index (χ3v) is 3.03. The molecule has 3 nitrogen and oxygen atoms in total. The van der Waals surface area contributed by atoms with Crippen molar-refractivity contribution in [1.29, 1.82) is 0 Å². The van der Waals surface area contributed by atoms with Crippen LogP contribution >= 0.6 is 0 Å². The SMILES string of the molecule is CC(=O)N1CCCc2cc(NC(C)C)ccc21. The van der Waals surface area contributed by atoms with Gasteiger partial charge >= 0.3 is 0 Å². The summed E-state index contributed by atoms with van der Waals surface area (Å²) >= 11 is 0. The van der Waals surface area contributed by atoms with Gasteiger partial charge in [0.05, 0.1) is 0 Å². The Morgan fingerprint density at radius 2 is 2.18 bits per heavy atom. The summed E-state index contributed by atoms with van der Waals surface area (Å²) in [7, 11) is 0. The second-order valence-corrected chi connectivity index (χ2v) is 4.92. The minimum Gasteiger partial charge on any atom is -0.383 e. The Hall–Kier alpha value is -1.51. The van der Waals surface area contributed by atoms with Crippen LogP contribution < -0.4 is 10.2 Å². The molecule has 1 aliphatic heterocycles. The molecule has 1 heterocycles. The Kier molecular flexibility index (Phi) is 3.36. The molecule has 0 aliphatic carbocycles. The van der Waals surface area contributed by atoms with E-state index >= 15 is 0 Å². The average molecular weight is 232 g/mol. The topological polar surface area (TPSA) is 32.3 Å². The van der Waals surface area contributed by atoms with E-state index in [2.05, 4.69) is 37.4 Å². The quantitative estimate of drug-likeness (QED) is 0.850. The third kappa shape index (κ3) is 2.60. The zero-order valence-corrected chi connectivity index (χ0v) is 10.8. The van der Waals surface area contributed by atoms with Gasteiger partial charge in [0.15, 0.2) is 0 Å². The first-order chi connectivity index (χ1) is 8.08. The van der Waals surface area contributed by atoms with Crippen LogP contribution in [-0.2, 0) is 11.2 Å². The molecule has 17 heavy (non-hydrogen) atoms. The zero-order valence-electron chi connectivity index (χ0n) is 10.8. The van der Waals surface area contributed by atoms with Crippen LogP contribution in [-0.4, -0.2) is 18.5 Å². The lowest BCUT2D eigenvalue weighted by molar-refractivity contribution is -0.116. The van der Waals surface area contributed by atoms with Crippen molar-refractivity contribution in [2.45, 2.75) is 39.7 Å². The Bertz CT molecular complexity index is 426. The summed E-state index contributed by atoms with van der Waals surface area (Å²) in [5.74, 6) is 0.135. The Morgan fingerprint density at radius 3 is 2.82 bits per heavy atom. The Morgan fingerprint density at radius 1 is 1.41 bits per heavy atom. The lowest BCUT2D eigenvalue weighted by Gasteiger charge is -2.29. The second kappa shape index (κ2) is 4.78. The molecule has 92 valence electrons. The number of benzene rings is 1. The summed E-state index contributed by atoms with van der Waals surface area (Å²) in [6.45, 7) is 6.73. The molecule has 0 atom stereocenters. The van der Waals surface area contributed by atoms with Crippen molar-refractivity contribution < 1.29 is 4.79 Å². The number of anilines is 2. The van der Waals surface area contributed by atoms with E-state index in [1.807, 2.05) is 4.90 Å². The van der Waals surface area contributed by atoms with Crippen molar-refractivity contribution in [1.82, 2.24) is 0 Å². The molecule has 0 bridgehead atoms. The monoisotopic (exact) mass is 232 g/mol. The molecule has 0 spiro atoms.